The van der Waals surface area contributed by atoms with E-state index in [1.165, 1.54) is 21.3 Å². The van der Waals surface area contributed by atoms with Crippen LogP contribution < -0.4 is 14.2 Å². The number of hydrogen-bond acceptors (Lipinski definition) is 8. The van der Waals surface area contributed by atoms with E-state index >= 15 is 0 Å². The lowest BCUT2D eigenvalue weighted by Crippen LogP contribution is -2.30. The number of carbonyl (C=O) groups excluding carboxylic acids is 2. The fourth-order valence-electron chi connectivity index (χ4n) is 4.20. The van der Waals surface area contributed by atoms with Crippen LogP contribution in [-0.4, -0.2) is 51.4 Å². The van der Waals surface area contributed by atoms with Gasteiger partial charge in [0.2, 0.25) is 5.75 Å². The third kappa shape index (κ3) is 5.48. The van der Waals surface area contributed by atoms with Gasteiger partial charge in [-0.25, -0.2) is 9.59 Å². The molecule has 0 saturated heterocycles. The van der Waals surface area contributed by atoms with E-state index in [0.717, 1.165) is 5.56 Å². The quantitative estimate of drug-likeness (QED) is 0.436. The zero-order chi connectivity index (χ0) is 26.2. The summed E-state index contributed by atoms with van der Waals surface area (Å²) >= 11 is 0. The third-order valence-electron chi connectivity index (χ3n) is 5.97. The van der Waals surface area contributed by atoms with Crippen molar-refractivity contribution in [3.05, 3.63) is 77.1 Å². The summed E-state index contributed by atoms with van der Waals surface area (Å²) in [6.45, 7) is 5.84. The van der Waals surface area contributed by atoms with Crippen molar-refractivity contribution < 1.29 is 33.3 Å². The van der Waals surface area contributed by atoms with Gasteiger partial charge in [-0.2, -0.15) is 0 Å². The van der Waals surface area contributed by atoms with Gasteiger partial charge in [-0.3, -0.25) is 0 Å². The third-order valence-corrected chi connectivity index (χ3v) is 5.97. The summed E-state index contributed by atoms with van der Waals surface area (Å²) < 4.78 is 27.3. The summed E-state index contributed by atoms with van der Waals surface area (Å²) in [6.07, 6.45) is 3.46. The monoisotopic (exact) mass is 495 g/mol. The lowest BCUT2D eigenvalue weighted by atomic mass is 9.82. The van der Waals surface area contributed by atoms with E-state index in [0.29, 0.717) is 34.0 Å². The fourth-order valence-corrected chi connectivity index (χ4v) is 4.20. The molecule has 192 valence electrons. The number of esters is 2. The molecule has 8 nitrogen and oxygen atoms in total. The highest BCUT2D eigenvalue weighted by Gasteiger charge is 2.37. The topological polar surface area (TPSA) is 83.5 Å². The van der Waals surface area contributed by atoms with Gasteiger partial charge in [0.15, 0.2) is 11.5 Å². The molecular weight excluding hydrogens is 462 g/mol. The van der Waals surface area contributed by atoms with E-state index in [1.807, 2.05) is 42.2 Å². The van der Waals surface area contributed by atoms with Gasteiger partial charge >= 0.3 is 11.9 Å². The first kappa shape index (κ1) is 26.7. The summed E-state index contributed by atoms with van der Waals surface area (Å²) in [6, 6.07) is 13.1. The molecule has 0 bridgehead atoms. The summed E-state index contributed by atoms with van der Waals surface area (Å²) in [5, 5.41) is 0. The molecule has 8 heteroatoms. The maximum atomic E-state index is 13.3. The van der Waals surface area contributed by atoms with Crippen LogP contribution in [0.4, 0.5) is 0 Å². The Morgan fingerprint density at radius 1 is 0.833 bits per heavy atom. The van der Waals surface area contributed by atoms with Crippen molar-refractivity contribution in [3.8, 4) is 17.2 Å². The molecule has 1 atom stereocenters. The van der Waals surface area contributed by atoms with E-state index in [9.17, 15) is 9.59 Å². The van der Waals surface area contributed by atoms with Crippen molar-refractivity contribution >= 4 is 11.9 Å². The first-order valence-electron chi connectivity index (χ1n) is 11.8. The first-order chi connectivity index (χ1) is 17.4. The van der Waals surface area contributed by atoms with Crippen LogP contribution in [0.3, 0.4) is 0 Å². The molecule has 0 spiro atoms. The number of hydrogen-bond donors (Lipinski definition) is 0. The number of carbonyl (C=O) groups is 2. The summed E-state index contributed by atoms with van der Waals surface area (Å²) in [4.78, 5) is 28.4. The summed E-state index contributed by atoms with van der Waals surface area (Å²) in [7, 11) is 4.53. The van der Waals surface area contributed by atoms with Gasteiger partial charge in [-0.05, 0) is 44.0 Å². The van der Waals surface area contributed by atoms with Crippen molar-refractivity contribution in [3.63, 3.8) is 0 Å². The standard InChI is InChI=1S/C28H33NO7/c1-7-35-27(30)21-16-29(18(3)19-12-10-9-11-13-19)17-22(28(31)36-8-2)25(21)20-14-23(32-4)26(34-6)24(15-20)33-5/h9-18,25H,7-8H2,1-6H3/t18-/m1/s1. The minimum absolute atomic E-state index is 0.166. The van der Waals surface area contributed by atoms with Crippen LogP contribution >= 0.6 is 0 Å². The lowest BCUT2D eigenvalue weighted by Gasteiger charge is -2.34. The Morgan fingerprint density at radius 3 is 1.75 bits per heavy atom. The van der Waals surface area contributed by atoms with Crippen molar-refractivity contribution in [1.82, 2.24) is 4.90 Å². The van der Waals surface area contributed by atoms with Crippen LogP contribution in [0.1, 0.15) is 43.9 Å². The molecule has 0 saturated carbocycles. The van der Waals surface area contributed by atoms with E-state index in [2.05, 4.69) is 0 Å². The number of methoxy groups -OCH3 is 3. The number of nitrogens with zero attached hydrogens (tertiary/aromatic N) is 1. The Bertz CT molecular complexity index is 1080. The largest absolute Gasteiger partial charge is 0.493 e. The molecule has 3 rings (SSSR count). The van der Waals surface area contributed by atoms with Crippen LogP contribution in [0, 0.1) is 0 Å². The normalized spacial score (nSPS) is 14.3. The molecule has 1 heterocycles. The molecule has 36 heavy (non-hydrogen) atoms. The fraction of sp³-hybridized carbons (Fsp3) is 0.357. The second-order valence-electron chi connectivity index (χ2n) is 8.04. The average Bonchev–Trinajstić information content (AvgIpc) is 2.91. The predicted molar refractivity (Wildman–Crippen MR) is 135 cm³/mol. The van der Waals surface area contributed by atoms with Gasteiger partial charge in [0.1, 0.15) is 0 Å². The van der Waals surface area contributed by atoms with E-state index < -0.39 is 17.9 Å². The van der Waals surface area contributed by atoms with Gasteiger partial charge in [-0.1, -0.05) is 30.3 Å². The Kier molecular flexibility index (Phi) is 9.00. The van der Waals surface area contributed by atoms with Crippen LogP contribution in [0.25, 0.3) is 0 Å². The van der Waals surface area contributed by atoms with Gasteiger partial charge in [0, 0.05) is 12.4 Å². The van der Waals surface area contributed by atoms with Gasteiger partial charge in [0.05, 0.1) is 57.6 Å². The van der Waals surface area contributed by atoms with E-state index in [-0.39, 0.29) is 19.3 Å². The Morgan fingerprint density at radius 2 is 1.33 bits per heavy atom. The average molecular weight is 496 g/mol. The molecule has 2 aromatic carbocycles. The van der Waals surface area contributed by atoms with Crippen LogP contribution in [0.15, 0.2) is 66.0 Å². The number of rotatable bonds is 10. The molecule has 0 aromatic heterocycles. The van der Waals surface area contributed by atoms with Gasteiger partial charge in [0.25, 0.3) is 0 Å². The molecule has 0 radical (unpaired) electrons. The molecule has 0 fully saturated rings. The maximum absolute atomic E-state index is 13.3. The van der Waals surface area contributed by atoms with Crippen LogP contribution in [0.2, 0.25) is 0 Å². The van der Waals surface area contributed by atoms with Gasteiger partial charge < -0.3 is 28.6 Å². The lowest BCUT2D eigenvalue weighted by molar-refractivity contribution is -0.139. The first-order valence-corrected chi connectivity index (χ1v) is 11.8. The highest BCUT2D eigenvalue weighted by molar-refractivity contribution is 5.98. The number of benzene rings is 2. The molecule has 1 aliphatic rings. The minimum atomic E-state index is -0.781. The highest BCUT2D eigenvalue weighted by Crippen LogP contribution is 2.45. The molecule has 1 aliphatic heterocycles. The zero-order valence-electron chi connectivity index (χ0n) is 21.6. The minimum Gasteiger partial charge on any atom is -0.493 e. The van der Waals surface area contributed by atoms with Crippen molar-refractivity contribution in [2.75, 3.05) is 34.5 Å². The SMILES string of the molecule is CCOC(=O)C1=CN([C@H](C)c2ccccc2)C=C(C(=O)OCC)C1c1cc(OC)c(OC)c(OC)c1. The van der Waals surface area contributed by atoms with E-state index in [1.54, 1.807) is 38.4 Å². The van der Waals surface area contributed by atoms with Crippen LogP contribution in [-0.2, 0) is 19.1 Å². The second kappa shape index (κ2) is 12.2. The highest BCUT2D eigenvalue weighted by atomic mass is 16.5. The molecular formula is C28H33NO7. The van der Waals surface area contributed by atoms with Crippen molar-refractivity contribution in [1.29, 1.82) is 0 Å². The van der Waals surface area contributed by atoms with Crippen LogP contribution in [0.5, 0.6) is 17.2 Å². The zero-order valence-corrected chi connectivity index (χ0v) is 21.6. The Balaban J connectivity index is 2.23. The van der Waals surface area contributed by atoms with Crippen molar-refractivity contribution in [2.45, 2.75) is 32.7 Å². The van der Waals surface area contributed by atoms with Crippen molar-refractivity contribution in [2.24, 2.45) is 0 Å². The summed E-state index contributed by atoms with van der Waals surface area (Å²) in [5.41, 5.74) is 2.19. The molecule has 0 amide bonds. The molecule has 0 unspecified atom stereocenters. The molecule has 0 aliphatic carbocycles. The van der Waals surface area contributed by atoms with Gasteiger partial charge in [-0.15, -0.1) is 0 Å². The Hall–Kier alpha value is -3.94. The second-order valence-corrected chi connectivity index (χ2v) is 8.04. The Labute approximate surface area is 212 Å². The maximum Gasteiger partial charge on any atom is 0.336 e. The smallest absolute Gasteiger partial charge is 0.336 e. The predicted octanol–water partition coefficient (Wildman–Crippen LogP) is 4.77. The van der Waals surface area contributed by atoms with E-state index in [4.69, 9.17) is 23.7 Å². The molecule has 2 aromatic rings. The number of ether oxygens (including phenoxy) is 5. The summed E-state index contributed by atoms with van der Waals surface area (Å²) in [5.74, 6) is -0.636. The molecule has 0 N–H and O–H groups in total.